The zero-order valence-corrected chi connectivity index (χ0v) is 20.4. The molecule has 7 nitrogen and oxygen atoms in total. The second kappa shape index (κ2) is 11.7. The topological polar surface area (TPSA) is 109 Å². The SMILES string of the molecule is CCOc1cc(/C=C(/C#N)C(=O)NC2CCCC2)cc(I)c1OCc1ccc(C(=O)O)cc1. The van der Waals surface area contributed by atoms with Crippen LogP contribution in [0.15, 0.2) is 42.0 Å². The first kappa shape index (κ1) is 24.6. The highest BCUT2D eigenvalue weighted by Gasteiger charge is 2.20. The van der Waals surface area contributed by atoms with Gasteiger partial charge >= 0.3 is 5.97 Å². The second-order valence-electron chi connectivity index (χ2n) is 7.68. The average molecular weight is 560 g/mol. The number of nitriles is 1. The van der Waals surface area contributed by atoms with Crippen LogP contribution in [0.3, 0.4) is 0 Å². The third-order valence-corrected chi connectivity index (χ3v) is 6.08. The minimum Gasteiger partial charge on any atom is -0.490 e. The standard InChI is InChI=1S/C25H25IN2O5/c1-2-32-22-13-17(11-19(14-27)24(29)28-20-5-3-4-6-20)12-21(26)23(22)33-15-16-7-9-18(10-8-16)25(30)31/h7-13,20H,2-6,15H2,1H3,(H,28,29)(H,30,31)/b19-11-. The van der Waals surface area contributed by atoms with Gasteiger partial charge in [-0.05, 0) is 83.8 Å². The normalized spacial score (nSPS) is 13.9. The molecule has 8 heteroatoms. The monoisotopic (exact) mass is 560 g/mol. The molecule has 1 amide bonds. The fourth-order valence-corrected chi connectivity index (χ4v) is 4.40. The molecule has 0 heterocycles. The van der Waals surface area contributed by atoms with Crippen molar-refractivity contribution in [3.05, 3.63) is 62.2 Å². The van der Waals surface area contributed by atoms with Crippen molar-refractivity contribution in [1.29, 1.82) is 5.26 Å². The van der Waals surface area contributed by atoms with E-state index in [9.17, 15) is 14.9 Å². The van der Waals surface area contributed by atoms with Crippen LogP contribution in [0, 0.1) is 14.9 Å². The van der Waals surface area contributed by atoms with Crippen LogP contribution in [0.25, 0.3) is 6.08 Å². The van der Waals surface area contributed by atoms with Crippen molar-refractivity contribution in [2.45, 2.75) is 45.3 Å². The molecule has 1 fully saturated rings. The molecule has 172 valence electrons. The molecule has 1 aliphatic rings. The summed E-state index contributed by atoms with van der Waals surface area (Å²) in [7, 11) is 0. The molecule has 2 aromatic carbocycles. The highest BCUT2D eigenvalue weighted by Crippen LogP contribution is 2.35. The van der Waals surface area contributed by atoms with Crippen LogP contribution in [0.1, 0.15) is 54.1 Å². The summed E-state index contributed by atoms with van der Waals surface area (Å²) in [6.07, 6.45) is 5.64. The number of carboxylic acid groups (broad SMARTS) is 1. The van der Waals surface area contributed by atoms with Gasteiger partial charge in [-0.15, -0.1) is 0 Å². The fraction of sp³-hybridized carbons (Fsp3) is 0.320. The number of benzene rings is 2. The third kappa shape index (κ3) is 6.71. The molecule has 2 aromatic rings. The number of nitrogens with one attached hydrogen (secondary N) is 1. The van der Waals surface area contributed by atoms with Crippen LogP contribution in [-0.2, 0) is 11.4 Å². The molecule has 0 aliphatic heterocycles. The van der Waals surface area contributed by atoms with E-state index in [1.807, 2.05) is 19.1 Å². The smallest absolute Gasteiger partial charge is 0.335 e. The zero-order chi connectivity index (χ0) is 23.8. The van der Waals surface area contributed by atoms with E-state index >= 15 is 0 Å². The van der Waals surface area contributed by atoms with Crippen LogP contribution < -0.4 is 14.8 Å². The largest absolute Gasteiger partial charge is 0.490 e. The Bertz CT molecular complexity index is 1080. The van der Waals surface area contributed by atoms with E-state index in [2.05, 4.69) is 27.9 Å². The Morgan fingerprint density at radius 3 is 2.52 bits per heavy atom. The number of ether oxygens (including phenoxy) is 2. The first-order valence-electron chi connectivity index (χ1n) is 10.7. The van der Waals surface area contributed by atoms with Crippen molar-refractivity contribution in [3.63, 3.8) is 0 Å². The summed E-state index contributed by atoms with van der Waals surface area (Å²) < 4.78 is 12.5. The first-order chi connectivity index (χ1) is 15.9. The summed E-state index contributed by atoms with van der Waals surface area (Å²) in [5.41, 5.74) is 1.74. The van der Waals surface area contributed by atoms with Gasteiger partial charge in [0.2, 0.25) is 0 Å². The minimum atomic E-state index is -0.979. The summed E-state index contributed by atoms with van der Waals surface area (Å²) in [6.45, 7) is 2.51. The Hall–Kier alpha value is -3.06. The number of aromatic carboxylic acids is 1. The molecule has 0 saturated heterocycles. The molecule has 2 N–H and O–H groups in total. The lowest BCUT2D eigenvalue weighted by atomic mass is 10.1. The molecular formula is C25H25IN2O5. The van der Waals surface area contributed by atoms with Gasteiger partial charge in [0, 0.05) is 6.04 Å². The van der Waals surface area contributed by atoms with Gasteiger partial charge in [-0.2, -0.15) is 5.26 Å². The van der Waals surface area contributed by atoms with Crippen molar-refractivity contribution in [2.75, 3.05) is 6.61 Å². The maximum atomic E-state index is 12.5. The lowest BCUT2D eigenvalue weighted by Gasteiger charge is -2.15. The van der Waals surface area contributed by atoms with Crippen molar-refractivity contribution in [2.24, 2.45) is 0 Å². The first-order valence-corrected chi connectivity index (χ1v) is 11.8. The lowest BCUT2D eigenvalue weighted by molar-refractivity contribution is -0.117. The summed E-state index contributed by atoms with van der Waals surface area (Å²) >= 11 is 2.13. The number of hydrogen-bond donors (Lipinski definition) is 2. The van der Waals surface area contributed by atoms with Crippen LogP contribution in [0.2, 0.25) is 0 Å². The number of carbonyl (C=O) groups is 2. The van der Waals surface area contributed by atoms with Crippen LogP contribution in [0.5, 0.6) is 11.5 Å². The molecule has 0 atom stereocenters. The number of amides is 1. The molecule has 33 heavy (non-hydrogen) atoms. The van der Waals surface area contributed by atoms with Crippen LogP contribution in [-0.4, -0.2) is 29.6 Å². The highest BCUT2D eigenvalue weighted by atomic mass is 127. The van der Waals surface area contributed by atoms with E-state index < -0.39 is 5.97 Å². The lowest BCUT2D eigenvalue weighted by Crippen LogP contribution is -2.33. The van der Waals surface area contributed by atoms with E-state index in [4.69, 9.17) is 14.6 Å². The number of carboxylic acids is 1. The Balaban J connectivity index is 1.79. The number of carbonyl (C=O) groups excluding carboxylic acids is 1. The maximum absolute atomic E-state index is 12.5. The van der Waals surface area contributed by atoms with Gasteiger partial charge in [0.15, 0.2) is 11.5 Å². The van der Waals surface area contributed by atoms with E-state index in [-0.39, 0.29) is 29.7 Å². The summed E-state index contributed by atoms with van der Waals surface area (Å²) in [5.74, 6) is -0.285. The average Bonchev–Trinajstić information content (AvgIpc) is 3.30. The van der Waals surface area contributed by atoms with Gasteiger partial charge in [0.1, 0.15) is 18.2 Å². The molecule has 0 spiro atoms. The van der Waals surface area contributed by atoms with Gasteiger partial charge in [-0.1, -0.05) is 25.0 Å². The number of nitrogens with zero attached hydrogens (tertiary/aromatic N) is 1. The van der Waals surface area contributed by atoms with Crippen LogP contribution >= 0.6 is 22.6 Å². The molecule has 0 radical (unpaired) electrons. The Morgan fingerprint density at radius 2 is 1.91 bits per heavy atom. The van der Waals surface area contributed by atoms with Gasteiger partial charge in [-0.25, -0.2) is 4.79 Å². The van der Waals surface area contributed by atoms with Crippen LogP contribution in [0.4, 0.5) is 0 Å². The quantitative estimate of drug-likeness (QED) is 0.256. The maximum Gasteiger partial charge on any atom is 0.335 e. The van der Waals surface area contributed by atoms with Crippen molar-refractivity contribution >= 4 is 40.5 Å². The van der Waals surface area contributed by atoms with Gasteiger partial charge < -0.3 is 19.9 Å². The molecular weight excluding hydrogens is 535 g/mol. The molecule has 0 bridgehead atoms. The molecule has 3 rings (SSSR count). The molecule has 1 saturated carbocycles. The summed E-state index contributed by atoms with van der Waals surface area (Å²) in [5, 5.41) is 21.5. The Labute approximate surface area is 206 Å². The Kier molecular flexibility index (Phi) is 8.72. The van der Waals surface area contributed by atoms with Crippen molar-refractivity contribution in [1.82, 2.24) is 5.32 Å². The predicted octanol–water partition coefficient (Wildman–Crippen LogP) is 4.93. The zero-order valence-electron chi connectivity index (χ0n) is 18.3. The van der Waals surface area contributed by atoms with Gasteiger partial charge in [-0.3, -0.25) is 4.79 Å². The van der Waals surface area contributed by atoms with E-state index in [1.54, 1.807) is 24.3 Å². The number of halogens is 1. The van der Waals surface area contributed by atoms with E-state index in [1.165, 1.54) is 12.1 Å². The number of hydrogen-bond acceptors (Lipinski definition) is 5. The third-order valence-electron chi connectivity index (χ3n) is 5.28. The van der Waals surface area contributed by atoms with Gasteiger partial charge in [0.05, 0.1) is 15.7 Å². The molecule has 0 aromatic heterocycles. The summed E-state index contributed by atoms with van der Waals surface area (Å²) in [4.78, 5) is 23.5. The molecule has 0 unspecified atom stereocenters. The second-order valence-corrected chi connectivity index (χ2v) is 8.84. The fourth-order valence-electron chi connectivity index (χ4n) is 3.62. The predicted molar refractivity (Wildman–Crippen MR) is 132 cm³/mol. The Morgan fingerprint density at radius 1 is 1.21 bits per heavy atom. The highest BCUT2D eigenvalue weighted by molar-refractivity contribution is 14.1. The minimum absolute atomic E-state index is 0.0485. The summed E-state index contributed by atoms with van der Waals surface area (Å²) in [6, 6.07) is 12.2. The van der Waals surface area contributed by atoms with Crippen molar-refractivity contribution in [3.8, 4) is 17.6 Å². The van der Waals surface area contributed by atoms with Gasteiger partial charge in [0.25, 0.3) is 5.91 Å². The van der Waals surface area contributed by atoms with Crippen molar-refractivity contribution < 1.29 is 24.2 Å². The van der Waals surface area contributed by atoms with E-state index in [0.717, 1.165) is 34.8 Å². The molecule has 1 aliphatic carbocycles. The number of rotatable bonds is 9. The van der Waals surface area contributed by atoms with E-state index in [0.29, 0.717) is 23.7 Å².